The minimum absolute atomic E-state index is 0.0572. The molecule has 0 fully saturated rings. The molecule has 0 bridgehead atoms. The molecule has 1 amide bonds. The summed E-state index contributed by atoms with van der Waals surface area (Å²) in [5.74, 6) is -1.38. The molecule has 0 radical (unpaired) electrons. The summed E-state index contributed by atoms with van der Waals surface area (Å²) in [5, 5.41) is 12.6. The Kier molecular flexibility index (Phi) is 5.78. The first-order chi connectivity index (χ1) is 11.5. The highest BCUT2D eigenvalue weighted by Crippen LogP contribution is 2.29. The predicted octanol–water partition coefficient (Wildman–Crippen LogP) is 2.44. The summed E-state index contributed by atoms with van der Waals surface area (Å²) in [5.41, 5.74) is 0.890. The molecule has 0 saturated carbocycles. The van der Waals surface area contributed by atoms with Crippen molar-refractivity contribution in [1.29, 1.82) is 0 Å². The number of carbonyl (C=O) groups excluding carboxylic acids is 2. The van der Waals surface area contributed by atoms with Crippen LogP contribution >= 0.6 is 0 Å². The van der Waals surface area contributed by atoms with Crippen molar-refractivity contribution < 1.29 is 24.2 Å². The van der Waals surface area contributed by atoms with E-state index in [4.69, 9.17) is 9.47 Å². The lowest BCUT2D eigenvalue weighted by atomic mass is 10.1. The van der Waals surface area contributed by atoms with E-state index in [1.54, 1.807) is 6.07 Å². The number of rotatable bonds is 6. The number of benzene rings is 2. The second-order valence-electron chi connectivity index (χ2n) is 5.13. The van der Waals surface area contributed by atoms with Crippen LogP contribution in [0.1, 0.15) is 28.9 Å². The highest BCUT2D eigenvalue weighted by Gasteiger charge is 2.18. The van der Waals surface area contributed by atoms with Crippen molar-refractivity contribution in [2.75, 3.05) is 13.7 Å². The van der Waals surface area contributed by atoms with Gasteiger partial charge in [0.15, 0.2) is 18.1 Å². The Morgan fingerprint density at radius 2 is 1.83 bits per heavy atom. The van der Waals surface area contributed by atoms with E-state index in [0.717, 1.165) is 5.56 Å². The normalized spacial score (nSPS) is 11.4. The lowest BCUT2D eigenvalue weighted by Gasteiger charge is -2.14. The zero-order valence-corrected chi connectivity index (χ0v) is 13.5. The molecular weight excluding hydrogens is 310 g/mol. The van der Waals surface area contributed by atoms with Gasteiger partial charge in [-0.3, -0.25) is 4.79 Å². The second kappa shape index (κ2) is 8.01. The van der Waals surface area contributed by atoms with E-state index in [1.165, 1.54) is 19.2 Å². The Hall–Kier alpha value is -3.02. The molecule has 6 nitrogen and oxygen atoms in total. The molecule has 0 aliphatic rings. The number of esters is 1. The van der Waals surface area contributed by atoms with E-state index in [-0.39, 0.29) is 23.1 Å². The average molecular weight is 329 g/mol. The van der Waals surface area contributed by atoms with Gasteiger partial charge in [0.25, 0.3) is 5.91 Å². The summed E-state index contributed by atoms with van der Waals surface area (Å²) in [4.78, 5) is 23.9. The molecule has 2 aromatic rings. The van der Waals surface area contributed by atoms with Gasteiger partial charge >= 0.3 is 5.97 Å². The van der Waals surface area contributed by atoms with Crippen LogP contribution in [-0.2, 0) is 9.53 Å². The van der Waals surface area contributed by atoms with Crippen LogP contribution in [0.25, 0.3) is 0 Å². The van der Waals surface area contributed by atoms with E-state index in [9.17, 15) is 14.7 Å². The number of hydrogen-bond acceptors (Lipinski definition) is 5. The largest absolute Gasteiger partial charge is 0.504 e. The van der Waals surface area contributed by atoms with Gasteiger partial charge in [-0.2, -0.15) is 0 Å². The van der Waals surface area contributed by atoms with Crippen molar-refractivity contribution in [3.63, 3.8) is 0 Å². The van der Waals surface area contributed by atoms with E-state index in [0.29, 0.717) is 0 Å². The summed E-state index contributed by atoms with van der Waals surface area (Å²) >= 11 is 0. The Morgan fingerprint density at radius 1 is 1.12 bits per heavy atom. The number of phenols is 1. The first-order valence-corrected chi connectivity index (χ1v) is 7.40. The lowest BCUT2D eigenvalue weighted by molar-refractivity contribution is -0.124. The first-order valence-electron chi connectivity index (χ1n) is 7.40. The van der Waals surface area contributed by atoms with Crippen LogP contribution in [0.5, 0.6) is 11.5 Å². The lowest BCUT2D eigenvalue weighted by Crippen LogP contribution is -2.31. The second-order valence-corrected chi connectivity index (χ2v) is 5.13. The Bertz CT molecular complexity index is 715. The SMILES string of the molecule is COc1cccc(C(=O)OCC(=O)NC(C)c2ccccc2)c1O. The van der Waals surface area contributed by atoms with Crippen molar-refractivity contribution in [2.24, 2.45) is 0 Å². The van der Waals surface area contributed by atoms with E-state index >= 15 is 0 Å². The van der Waals surface area contributed by atoms with E-state index in [1.807, 2.05) is 37.3 Å². The minimum Gasteiger partial charge on any atom is -0.504 e. The molecule has 24 heavy (non-hydrogen) atoms. The number of nitrogens with one attached hydrogen (secondary N) is 1. The number of ether oxygens (including phenoxy) is 2. The summed E-state index contributed by atoms with van der Waals surface area (Å²) < 4.78 is 9.87. The summed E-state index contributed by atoms with van der Waals surface area (Å²) in [7, 11) is 1.38. The molecule has 0 aliphatic carbocycles. The van der Waals surface area contributed by atoms with Gasteiger partial charge in [-0.1, -0.05) is 36.4 Å². The summed E-state index contributed by atoms with van der Waals surface area (Å²) in [6.07, 6.45) is 0. The van der Waals surface area contributed by atoms with E-state index < -0.39 is 18.5 Å². The fourth-order valence-electron chi connectivity index (χ4n) is 2.17. The average Bonchev–Trinajstić information content (AvgIpc) is 2.60. The fourth-order valence-corrected chi connectivity index (χ4v) is 2.17. The summed E-state index contributed by atoms with van der Waals surface area (Å²) in [6, 6.07) is 13.7. The topological polar surface area (TPSA) is 84.9 Å². The van der Waals surface area contributed by atoms with Gasteiger partial charge in [-0.25, -0.2) is 4.79 Å². The van der Waals surface area contributed by atoms with Crippen LogP contribution in [0, 0.1) is 0 Å². The van der Waals surface area contributed by atoms with Gasteiger partial charge in [-0.15, -0.1) is 0 Å². The molecule has 6 heteroatoms. The molecule has 0 aromatic heterocycles. The third-order valence-corrected chi connectivity index (χ3v) is 3.45. The van der Waals surface area contributed by atoms with Gasteiger partial charge in [0.1, 0.15) is 5.56 Å². The zero-order valence-electron chi connectivity index (χ0n) is 13.5. The molecule has 2 N–H and O–H groups in total. The molecule has 1 atom stereocenters. The van der Waals surface area contributed by atoms with Crippen LogP contribution in [0.2, 0.25) is 0 Å². The maximum Gasteiger partial charge on any atom is 0.342 e. The fraction of sp³-hybridized carbons (Fsp3) is 0.222. The number of carbonyl (C=O) groups is 2. The Balaban J connectivity index is 1.91. The molecule has 0 aliphatic heterocycles. The third kappa shape index (κ3) is 4.25. The minimum atomic E-state index is -0.797. The molecule has 126 valence electrons. The monoisotopic (exact) mass is 329 g/mol. The number of hydrogen-bond donors (Lipinski definition) is 2. The van der Waals surface area contributed by atoms with E-state index in [2.05, 4.69) is 5.32 Å². The highest BCUT2D eigenvalue weighted by molar-refractivity contribution is 5.94. The molecule has 2 rings (SSSR count). The van der Waals surface area contributed by atoms with Crippen LogP contribution in [0.15, 0.2) is 48.5 Å². The van der Waals surface area contributed by atoms with Gasteiger partial charge in [0.05, 0.1) is 13.2 Å². The van der Waals surface area contributed by atoms with Gasteiger partial charge in [-0.05, 0) is 24.6 Å². The molecule has 0 heterocycles. The number of aromatic hydroxyl groups is 1. The van der Waals surface area contributed by atoms with Gasteiger partial charge in [0.2, 0.25) is 0 Å². The number of amides is 1. The van der Waals surface area contributed by atoms with Gasteiger partial charge in [0, 0.05) is 0 Å². The standard InChI is InChI=1S/C18H19NO5/c1-12(13-7-4-3-5-8-13)19-16(20)11-24-18(22)14-9-6-10-15(23-2)17(14)21/h3-10,12,21H,11H2,1-2H3,(H,19,20). The number of methoxy groups -OCH3 is 1. The van der Waals surface area contributed by atoms with Gasteiger partial charge < -0.3 is 19.9 Å². The van der Waals surface area contributed by atoms with Crippen molar-refractivity contribution in [3.05, 3.63) is 59.7 Å². The molecule has 2 aromatic carbocycles. The predicted molar refractivity (Wildman–Crippen MR) is 87.9 cm³/mol. The highest BCUT2D eigenvalue weighted by atomic mass is 16.5. The molecule has 0 saturated heterocycles. The number of phenolic OH excluding ortho intramolecular Hbond substituents is 1. The Morgan fingerprint density at radius 3 is 2.50 bits per heavy atom. The van der Waals surface area contributed by atoms with Crippen molar-refractivity contribution in [1.82, 2.24) is 5.32 Å². The van der Waals surface area contributed by atoms with Crippen molar-refractivity contribution in [3.8, 4) is 11.5 Å². The zero-order chi connectivity index (χ0) is 17.5. The molecule has 1 unspecified atom stereocenters. The third-order valence-electron chi connectivity index (χ3n) is 3.45. The quantitative estimate of drug-likeness (QED) is 0.795. The summed E-state index contributed by atoms with van der Waals surface area (Å²) in [6.45, 7) is 1.40. The van der Waals surface area contributed by atoms with Crippen LogP contribution in [0.4, 0.5) is 0 Å². The van der Waals surface area contributed by atoms with Crippen molar-refractivity contribution >= 4 is 11.9 Å². The molecule has 0 spiro atoms. The first kappa shape index (κ1) is 17.3. The van der Waals surface area contributed by atoms with Crippen LogP contribution in [-0.4, -0.2) is 30.7 Å². The maximum absolute atomic E-state index is 12.0. The number of para-hydroxylation sites is 1. The van der Waals surface area contributed by atoms with Crippen LogP contribution in [0.3, 0.4) is 0 Å². The Labute approximate surface area is 140 Å². The van der Waals surface area contributed by atoms with Crippen molar-refractivity contribution in [2.45, 2.75) is 13.0 Å². The van der Waals surface area contributed by atoms with Crippen LogP contribution < -0.4 is 10.1 Å². The molecular formula is C18H19NO5. The maximum atomic E-state index is 12.0. The smallest absolute Gasteiger partial charge is 0.342 e.